The van der Waals surface area contributed by atoms with Gasteiger partial charge >= 0.3 is 0 Å². The van der Waals surface area contributed by atoms with Crippen LogP contribution in [0.4, 0.5) is 0 Å². The van der Waals surface area contributed by atoms with Crippen LogP contribution in [0.5, 0.6) is 5.75 Å². The number of benzene rings is 1. The van der Waals surface area contributed by atoms with E-state index in [0.29, 0.717) is 36.2 Å². The Kier molecular flexibility index (Phi) is 7.47. The van der Waals surface area contributed by atoms with Crippen molar-refractivity contribution < 1.29 is 14.6 Å². The lowest BCUT2D eigenvalue weighted by Crippen LogP contribution is -2.45. The Morgan fingerprint density at radius 1 is 1.24 bits per heavy atom. The molecule has 29 heavy (non-hydrogen) atoms. The van der Waals surface area contributed by atoms with Crippen LogP contribution in [-0.2, 0) is 4.79 Å². The summed E-state index contributed by atoms with van der Waals surface area (Å²) < 4.78 is 5.87. The number of likely N-dealkylation sites (tertiary alicyclic amines) is 2. The Labute approximate surface area is 180 Å². The number of halogens is 1. The Morgan fingerprint density at radius 2 is 1.97 bits per heavy atom. The highest BCUT2D eigenvalue weighted by molar-refractivity contribution is 6.32. The zero-order valence-corrected chi connectivity index (χ0v) is 18.7. The molecule has 0 aliphatic carbocycles. The van der Waals surface area contributed by atoms with Crippen molar-refractivity contribution >= 4 is 17.5 Å². The van der Waals surface area contributed by atoms with Crippen molar-refractivity contribution in [3.05, 3.63) is 28.8 Å². The fourth-order valence-corrected chi connectivity index (χ4v) is 4.57. The molecule has 1 aromatic rings. The molecular weight excluding hydrogens is 388 g/mol. The number of carbonyl (C=O) groups is 1. The maximum absolute atomic E-state index is 13.0. The van der Waals surface area contributed by atoms with Gasteiger partial charge in [-0.2, -0.15) is 0 Å². The molecule has 1 amide bonds. The van der Waals surface area contributed by atoms with Crippen molar-refractivity contribution in [2.45, 2.75) is 64.5 Å². The van der Waals surface area contributed by atoms with E-state index in [1.807, 2.05) is 30.0 Å². The summed E-state index contributed by atoms with van der Waals surface area (Å²) in [5, 5.41) is 11.6. The van der Waals surface area contributed by atoms with Gasteiger partial charge in [0.15, 0.2) is 0 Å². The number of piperidine rings is 1. The van der Waals surface area contributed by atoms with Crippen LogP contribution in [0.2, 0.25) is 5.02 Å². The number of hydrogen-bond acceptors (Lipinski definition) is 4. The molecule has 3 rings (SSSR count). The van der Waals surface area contributed by atoms with E-state index < -0.39 is 5.60 Å². The van der Waals surface area contributed by atoms with Crippen LogP contribution in [0, 0.1) is 12.8 Å². The third-order valence-electron chi connectivity index (χ3n) is 6.42. The molecule has 1 N–H and O–H groups in total. The number of nitrogens with zero attached hydrogens (tertiary/aromatic N) is 2. The number of rotatable bonds is 5. The molecule has 0 bridgehead atoms. The molecule has 0 saturated carbocycles. The van der Waals surface area contributed by atoms with Crippen LogP contribution in [0.15, 0.2) is 18.2 Å². The summed E-state index contributed by atoms with van der Waals surface area (Å²) in [6.45, 7) is 9.91. The molecule has 5 nitrogen and oxygen atoms in total. The molecule has 2 fully saturated rings. The van der Waals surface area contributed by atoms with E-state index in [1.54, 1.807) is 0 Å². The number of aliphatic hydroxyl groups is 1. The minimum atomic E-state index is -0.927. The standard InChI is InChI=1S/C23H35ClN2O3/c1-17(2)25-12-7-19(8-13-25)22(27)26-11-4-9-23(28,10-14-26)16-29-21-15-18(3)5-6-20(21)24/h5-6,15,17,19,28H,4,7-14,16H2,1-3H3. The minimum Gasteiger partial charge on any atom is -0.489 e. The van der Waals surface area contributed by atoms with Crippen LogP contribution in [0.1, 0.15) is 51.5 Å². The van der Waals surface area contributed by atoms with Gasteiger partial charge in [-0.1, -0.05) is 17.7 Å². The van der Waals surface area contributed by atoms with Crippen LogP contribution in [0.3, 0.4) is 0 Å². The molecule has 0 spiro atoms. The van der Waals surface area contributed by atoms with Crippen LogP contribution < -0.4 is 4.74 Å². The summed E-state index contributed by atoms with van der Waals surface area (Å²) in [6, 6.07) is 6.18. The third kappa shape index (κ3) is 5.87. The largest absolute Gasteiger partial charge is 0.489 e. The predicted molar refractivity (Wildman–Crippen MR) is 116 cm³/mol. The Balaban J connectivity index is 1.52. The maximum Gasteiger partial charge on any atom is 0.225 e. The van der Waals surface area contributed by atoms with Gasteiger partial charge in [-0.15, -0.1) is 0 Å². The highest BCUT2D eigenvalue weighted by Gasteiger charge is 2.35. The fourth-order valence-electron chi connectivity index (χ4n) is 4.40. The molecule has 2 heterocycles. The van der Waals surface area contributed by atoms with Crippen molar-refractivity contribution in [3.63, 3.8) is 0 Å². The monoisotopic (exact) mass is 422 g/mol. The normalized spacial score (nSPS) is 24.6. The van der Waals surface area contributed by atoms with Crippen LogP contribution >= 0.6 is 11.6 Å². The van der Waals surface area contributed by atoms with E-state index in [1.165, 1.54) is 0 Å². The fraction of sp³-hybridized carbons (Fsp3) is 0.696. The number of carbonyl (C=O) groups excluding carboxylic acids is 1. The second-order valence-corrected chi connectivity index (χ2v) is 9.44. The van der Waals surface area contributed by atoms with E-state index in [2.05, 4.69) is 18.7 Å². The lowest BCUT2D eigenvalue weighted by Gasteiger charge is -2.36. The minimum absolute atomic E-state index is 0.124. The predicted octanol–water partition coefficient (Wildman–Crippen LogP) is 3.89. The summed E-state index contributed by atoms with van der Waals surface area (Å²) >= 11 is 6.21. The van der Waals surface area contributed by atoms with Crippen molar-refractivity contribution in [1.29, 1.82) is 0 Å². The smallest absolute Gasteiger partial charge is 0.225 e. The average Bonchev–Trinajstić information content (AvgIpc) is 2.90. The highest BCUT2D eigenvalue weighted by atomic mass is 35.5. The first kappa shape index (κ1) is 22.4. The Hall–Kier alpha value is -1.30. The molecule has 0 radical (unpaired) electrons. The first-order valence-corrected chi connectivity index (χ1v) is 11.3. The second kappa shape index (κ2) is 9.67. The van der Waals surface area contributed by atoms with Gasteiger partial charge in [0, 0.05) is 25.0 Å². The molecule has 2 aliphatic rings. The molecule has 6 heteroatoms. The van der Waals surface area contributed by atoms with Gasteiger partial charge in [0.1, 0.15) is 18.0 Å². The zero-order chi connectivity index (χ0) is 21.0. The van der Waals surface area contributed by atoms with Gasteiger partial charge in [-0.05, 0) is 83.7 Å². The molecule has 162 valence electrons. The van der Waals surface area contributed by atoms with Gasteiger partial charge < -0.3 is 19.6 Å². The second-order valence-electron chi connectivity index (χ2n) is 9.03. The molecular formula is C23H35ClN2O3. The molecule has 2 aliphatic heterocycles. The van der Waals surface area contributed by atoms with Crippen molar-refractivity contribution in [2.24, 2.45) is 5.92 Å². The van der Waals surface area contributed by atoms with E-state index >= 15 is 0 Å². The number of hydrogen-bond donors (Lipinski definition) is 1. The van der Waals surface area contributed by atoms with Crippen molar-refractivity contribution in [1.82, 2.24) is 9.80 Å². The van der Waals surface area contributed by atoms with Gasteiger partial charge in [0.25, 0.3) is 0 Å². The van der Waals surface area contributed by atoms with Gasteiger partial charge in [-0.3, -0.25) is 4.79 Å². The lowest BCUT2D eigenvalue weighted by atomic mass is 9.94. The van der Waals surface area contributed by atoms with E-state index in [4.69, 9.17) is 16.3 Å². The summed E-state index contributed by atoms with van der Waals surface area (Å²) in [5.74, 6) is 0.994. The Morgan fingerprint density at radius 3 is 2.66 bits per heavy atom. The van der Waals surface area contributed by atoms with E-state index in [9.17, 15) is 9.90 Å². The summed E-state index contributed by atoms with van der Waals surface area (Å²) in [6.07, 6.45) is 3.83. The Bertz CT molecular complexity index is 703. The van der Waals surface area contributed by atoms with Gasteiger partial charge in [0.05, 0.1) is 5.02 Å². The maximum atomic E-state index is 13.0. The topological polar surface area (TPSA) is 53.0 Å². The summed E-state index contributed by atoms with van der Waals surface area (Å²) in [5.41, 5.74) is 0.140. The van der Waals surface area contributed by atoms with Crippen LogP contribution in [-0.4, -0.2) is 65.2 Å². The van der Waals surface area contributed by atoms with Crippen LogP contribution in [0.25, 0.3) is 0 Å². The number of ether oxygens (including phenoxy) is 1. The van der Waals surface area contributed by atoms with Gasteiger partial charge in [0.2, 0.25) is 5.91 Å². The lowest BCUT2D eigenvalue weighted by molar-refractivity contribution is -0.137. The molecule has 2 saturated heterocycles. The molecule has 1 atom stereocenters. The highest BCUT2D eigenvalue weighted by Crippen LogP contribution is 2.30. The average molecular weight is 423 g/mol. The van der Waals surface area contributed by atoms with E-state index in [-0.39, 0.29) is 18.4 Å². The summed E-state index contributed by atoms with van der Waals surface area (Å²) in [4.78, 5) is 17.4. The number of amides is 1. The zero-order valence-electron chi connectivity index (χ0n) is 18.0. The first-order chi connectivity index (χ1) is 13.8. The first-order valence-electron chi connectivity index (χ1n) is 10.9. The van der Waals surface area contributed by atoms with Crippen molar-refractivity contribution in [3.8, 4) is 5.75 Å². The van der Waals surface area contributed by atoms with Crippen molar-refractivity contribution in [2.75, 3.05) is 32.8 Å². The van der Waals surface area contributed by atoms with Gasteiger partial charge in [-0.25, -0.2) is 0 Å². The number of aryl methyl sites for hydroxylation is 1. The SMILES string of the molecule is Cc1ccc(Cl)c(OCC2(O)CCCN(C(=O)C3CCN(C(C)C)CC3)CC2)c1. The molecule has 1 unspecified atom stereocenters. The summed E-state index contributed by atoms with van der Waals surface area (Å²) in [7, 11) is 0. The molecule has 0 aromatic heterocycles. The third-order valence-corrected chi connectivity index (χ3v) is 6.73. The van der Waals surface area contributed by atoms with E-state index in [0.717, 1.165) is 44.5 Å². The quantitative estimate of drug-likeness (QED) is 0.782. The molecule has 1 aromatic carbocycles.